The van der Waals surface area contributed by atoms with E-state index in [1.54, 1.807) is 0 Å². The molecule has 5 nitrogen and oxygen atoms in total. The minimum absolute atomic E-state index is 0.0161. The van der Waals surface area contributed by atoms with E-state index in [-0.39, 0.29) is 23.8 Å². The summed E-state index contributed by atoms with van der Waals surface area (Å²) in [7, 11) is 0. The van der Waals surface area contributed by atoms with Crippen LogP contribution in [0.4, 0.5) is 0 Å². The molecule has 2 amide bonds. The second-order valence-electron chi connectivity index (χ2n) is 6.26. The molecular formula is C15H29N3O2. The largest absolute Gasteiger partial charge is 0.356 e. The van der Waals surface area contributed by atoms with Gasteiger partial charge >= 0.3 is 0 Å². The van der Waals surface area contributed by atoms with Crippen LogP contribution in [-0.4, -0.2) is 42.4 Å². The first-order valence-corrected chi connectivity index (χ1v) is 7.71. The number of carbonyl (C=O) groups excluding carboxylic acids is 2. The van der Waals surface area contributed by atoms with Gasteiger partial charge in [0.2, 0.25) is 11.8 Å². The van der Waals surface area contributed by atoms with E-state index in [2.05, 4.69) is 5.32 Å². The van der Waals surface area contributed by atoms with Gasteiger partial charge in [0, 0.05) is 38.0 Å². The Balaban J connectivity index is 2.34. The summed E-state index contributed by atoms with van der Waals surface area (Å²) in [5, 5.41) is 2.96. The van der Waals surface area contributed by atoms with E-state index in [9.17, 15) is 9.59 Å². The van der Waals surface area contributed by atoms with E-state index in [0.29, 0.717) is 18.9 Å². The molecule has 1 fully saturated rings. The quantitative estimate of drug-likeness (QED) is 0.767. The first kappa shape index (κ1) is 17.0. The van der Waals surface area contributed by atoms with Crippen molar-refractivity contribution in [1.29, 1.82) is 0 Å². The van der Waals surface area contributed by atoms with Gasteiger partial charge in [0.25, 0.3) is 0 Å². The number of nitrogens with two attached hydrogens (primary N) is 1. The van der Waals surface area contributed by atoms with E-state index in [1.165, 1.54) is 0 Å². The van der Waals surface area contributed by atoms with Crippen molar-refractivity contribution < 1.29 is 9.59 Å². The number of hydrogen-bond donors (Lipinski definition) is 2. The van der Waals surface area contributed by atoms with Crippen molar-refractivity contribution in [2.45, 2.75) is 52.5 Å². The van der Waals surface area contributed by atoms with E-state index >= 15 is 0 Å². The van der Waals surface area contributed by atoms with E-state index in [0.717, 1.165) is 32.4 Å². The molecule has 0 bridgehead atoms. The SMILES string of the molecule is CC(N)CCC(=O)N1CCCC(CNC(=O)C(C)C)C1. The van der Waals surface area contributed by atoms with Gasteiger partial charge in [0.05, 0.1) is 0 Å². The predicted octanol–water partition coefficient (Wildman–Crippen LogP) is 1.12. The lowest BCUT2D eigenvalue weighted by Crippen LogP contribution is -2.44. The molecule has 0 spiro atoms. The molecule has 1 rings (SSSR count). The summed E-state index contributed by atoms with van der Waals surface area (Å²) >= 11 is 0. The summed E-state index contributed by atoms with van der Waals surface area (Å²) in [6.07, 6.45) is 3.37. The van der Waals surface area contributed by atoms with Crippen LogP contribution in [-0.2, 0) is 9.59 Å². The van der Waals surface area contributed by atoms with Gasteiger partial charge in [0.15, 0.2) is 0 Å². The van der Waals surface area contributed by atoms with Gasteiger partial charge in [-0.15, -0.1) is 0 Å². The average molecular weight is 283 g/mol. The number of nitrogens with one attached hydrogen (secondary N) is 1. The molecule has 0 saturated carbocycles. The number of nitrogens with zero attached hydrogens (tertiary/aromatic N) is 1. The first-order chi connectivity index (χ1) is 9.40. The summed E-state index contributed by atoms with van der Waals surface area (Å²) in [4.78, 5) is 25.6. The zero-order valence-corrected chi connectivity index (χ0v) is 13.0. The highest BCUT2D eigenvalue weighted by molar-refractivity contribution is 5.78. The summed E-state index contributed by atoms with van der Waals surface area (Å²) < 4.78 is 0. The minimum atomic E-state index is 0.0161. The van der Waals surface area contributed by atoms with Gasteiger partial charge in [-0.05, 0) is 32.1 Å². The molecule has 20 heavy (non-hydrogen) atoms. The zero-order valence-electron chi connectivity index (χ0n) is 13.0. The van der Waals surface area contributed by atoms with Crippen LogP contribution in [0.3, 0.4) is 0 Å². The summed E-state index contributed by atoms with van der Waals surface area (Å²) in [6.45, 7) is 7.98. The molecule has 2 unspecified atom stereocenters. The second kappa shape index (κ2) is 8.25. The fourth-order valence-corrected chi connectivity index (χ4v) is 2.42. The topological polar surface area (TPSA) is 75.4 Å². The Labute approximate surface area is 122 Å². The lowest BCUT2D eigenvalue weighted by atomic mass is 9.97. The van der Waals surface area contributed by atoms with E-state index in [4.69, 9.17) is 5.73 Å². The number of amides is 2. The highest BCUT2D eigenvalue weighted by Gasteiger charge is 2.24. The number of rotatable bonds is 6. The highest BCUT2D eigenvalue weighted by atomic mass is 16.2. The molecule has 1 aliphatic heterocycles. The molecular weight excluding hydrogens is 254 g/mol. The Hall–Kier alpha value is -1.10. The smallest absolute Gasteiger partial charge is 0.222 e. The Bertz CT molecular complexity index is 329. The molecule has 2 atom stereocenters. The van der Waals surface area contributed by atoms with Crippen LogP contribution in [0.1, 0.15) is 46.5 Å². The Morgan fingerprint density at radius 3 is 2.65 bits per heavy atom. The Morgan fingerprint density at radius 2 is 2.05 bits per heavy atom. The molecule has 1 aliphatic rings. The van der Waals surface area contributed by atoms with Crippen molar-refractivity contribution in [3.8, 4) is 0 Å². The number of likely N-dealkylation sites (tertiary alicyclic amines) is 1. The Kier molecular flexibility index (Phi) is 6.99. The van der Waals surface area contributed by atoms with Crippen LogP contribution < -0.4 is 11.1 Å². The number of hydrogen-bond acceptors (Lipinski definition) is 3. The molecule has 0 aromatic heterocycles. The fraction of sp³-hybridized carbons (Fsp3) is 0.867. The molecule has 3 N–H and O–H groups in total. The average Bonchev–Trinajstić information content (AvgIpc) is 2.42. The standard InChI is InChI=1S/C15H29N3O2/c1-11(2)15(20)17-9-13-5-4-8-18(10-13)14(19)7-6-12(3)16/h11-13H,4-10,16H2,1-3H3,(H,17,20). The third-order valence-electron chi connectivity index (χ3n) is 3.77. The molecule has 1 heterocycles. The monoisotopic (exact) mass is 283 g/mol. The summed E-state index contributed by atoms with van der Waals surface area (Å²) in [5.74, 6) is 0.681. The molecule has 0 aromatic carbocycles. The summed E-state index contributed by atoms with van der Waals surface area (Å²) in [5.41, 5.74) is 5.69. The lowest BCUT2D eigenvalue weighted by molar-refractivity contribution is -0.133. The van der Waals surface area contributed by atoms with E-state index < -0.39 is 0 Å². The maximum Gasteiger partial charge on any atom is 0.222 e. The van der Waals surface area contributed by atoms with Crippen molar-refractivity contribution in [3.63, 3.8) is 0 Å². The maximum atomic E-state index is 12.1. The molecule has 1 saturated heterocycles. The second-order valence-corrected chi connectivity index (χ2v) is 6.26. The van der Waals surface area contributed by atoms with Gasteiger partial charge in [-0.2, -0.15) is 0 Å². The van der Waals surface area contributed by atoms with Crippen LogP contribution >= 0.6 is 0 Å². The van der Waals surface area contributed by atoms with Gasteiger partial charge in [-0.25, -0.2) is 0 Å². The molecule has 5 heteroatoms. The predicted molar refractivity (Wildman–Crippen MR) is 80.0 cm³/mol. The fourth-order valence-electron chi connectivity index (χ4n) is 2.42. The summed E-state index contributed by atoms with van der Waals surface area (Å²) in [6, 6.07) is 0.0740. The zero-order chi connectivity index (χ0) is 15.1. The van der Waals surface area contributed by atoms with Gasteiger partial charge in [-0.1, -0.05) is 13.8 Å². The van der Waals surface area contributed by atoms with Gasteiger partial charge in [0.1, 0.15) is 0 Å². The van der Waals surface area contributed by atoms with Crippen LogP contribution in [0, 0.1) is 11.8 Å². The van der Waals surface area contributed by atoms with Crippen molar-refractivity contribution in [1.82, 2.24) is 10.2 Å². The molecule has 0 radical (unpaired) electrons. The molecule has 0 aliphatic carbocycles. The molecule has 116 valence electrons. The number of carbonyl (C=O) groups is 2. The first-order valence-electron chi connectivity index (χ1n) is 7.71. The normalized spacial score (nSPS) is 20.9. The minimum Gasteiger partial charge on any atom is -0.356 e. The van der Waals surface area contributed by atoms with Crippen LogP contribution in [0.15, 0.2) is 0 Å². The van der Waals surface area contributed by atoms with Crippen molar-refractivity contribution >= 4 is 11.8 Å². The molecule has 0 aromatic rings. The van der Waals surface area contributed by atoms with E-state index in [1.807, 2.05) is 25.7 Å². The van der Waals surface area contributed by atoms with Crippen LogP contribution in [0.2, 0.25) is 0 Å². The van der Waals surface area contributed by atoms with Crippen molar-refractivity contribution in [2.75, 3.05) is 19.6 Å². The van der Waals surface area contributed by atoms with Crippen LogP contribution in [0.5, 0.6) is 0 Å². The van der Waals surface area contributed by atoms with Crippen molar-refractivity contribution in [2.24, 2.45) is 17.6 Å². The highest BCUT2D eigenvalue weighted by Crippen LogP contribution is 2.17. The maximum absolute atomic E-state index is 12.1. The van der Waals surface area contributed by atoms with Gasteiger partial charge in [-0.3, -0.25) is 9.59 Å². The van der Waals surface area contributed by atoms with Crippen molar-refractivity contribution in [3.05, 3.63) is 0 Å². The number of piperidine rings is 1. The third-order valence-corrected chi connectivity index (χ3v) is 3.77. The van der Waals surface area contributed by atoms with Gasteiger partial charge < -0.3 is 16.0 Å². The Morgan fingerprint density at radius 1 is 1.35 bits per heavy atom. The van der Waals surface area contributed by atoms with Crippen LogP contribution in [0.25, 0.3) is 0 Å². The third kappa shape index (κ3) is 5.90. The lowest BCUT2D eigenvalue weighted by Gasteiger charge is -2.33.